The minimum absolute atomic E-state index is 0.00131. The Morgan fingerprint density at radius 2 is 2.06 bits per heavy atom. The number of aryl methyl sites for hydroxylation is 1. The van der Waals surface area contributed by atoms with E-state index in [1.165, 1.54) is 11.3 Å². The summed E-state index contributed by atoms with van der Waals surface area (Å²) in [4.78, 5) is 23.1. The zero-order valence-corrected chi connectivity index (χ0v) is 21.4. The molecule has 7 nitrogen and oxygen atoms in total. The van der Waals surface area contributed by atoms with Crippen LogP contribution in [0.3, 0.4) is 0 Å². The third-order valence-corrected chi connectivity index (χ3v) is 7.20. The standard InChI is InChI=1S/C25H29F3N4O3S/c1-24(2,3)21-13-32(12-18-6-5-9-34-18)23(36-21)30-22(33)19-10-16(25(26,27)28)7-8-20(19)35-14-17-11-31(4)15-29-17/h7-8,10-11,13,15,18H,5-6,9,12,14H2,1-4H3/b30-23-/t18-/m1/s1. The Hall–Kier alpha value is -2.92. The molecule has 1 aliphatic rings. The van der Waals surface area contributed by atoms with E-state index in [2.05, 4.69) is 30.7 Å². The number of carbonyl (C=O) groups is 1. The highest BCUT2D eigenvalue weighted by molar-refractivity contribution is 7.09. The second-order valence-corrected chi connectivity index (χ2v) is 10.9. The van der Waals surface area contributed by atoms with E-state index in [0.29, 0.717) is 23.6 Å². The Bertz CT molecular complexity index is 1290. The second-order valence-electron chi connectivity index (χ2n) is 9.86. The minimum Gasteiger partial charge on any atom is -0.486 e. The van der Waals surface area contributed by atoms with E-state index in [9.17, 15) is 18.0 Å². The molecule has 0 saturated carbocycles. The monoisotopic (exact) mass is 522 g/mol. The first-order valence-electron chi connectivity index (χ1n) is 11.6. The number of aromatic nitrogens is 3. The van der Waals surface area contributed by atoms with E-state index >= 15 is 0 Å². The van der Waals surface area contributed by atoms with Gasteiger partial charge in [0.05, 0.1) is 35.8 Å². The average molecular weight is 523 g/mol. The molecule has 0 bridgehead atoms. The van der Waals surface area contributed by atoms with Crippen LogP contribution in [0.5, 0.6) is 5.75 Å². The van der Waals surface area contributed by atoms with Crippen molar-refractivity contribution in [2.75, 3.05) is 6.61 Å². The summed E-state index contributed by atoms with van der Waals surface area (Å²) in [6.45, 7) is 7.36. The highest BCUT2D eigenvalue weighted by atomic mass is 32.1. The van der Waals surface area contributed by atoms with E-state index in [4.69, 9.17) is 9.47 Å². The number of rotatable bonds is 6. The molecule has 1 fully saturated rings. The van der Waals surface area contributed by atoms with Gasteiger partial charge in [-0.05, 0) is 36.5 Å². The molecule has 194 valence electrons. The van der Waals surface area contributed by atoms with Gasteiger partial charge in [-0.25, -0.2) is 4.98 Å². The lowest BCUT2D eigenvalue weighted by molar-refractivity contribution is -0.137. The molecule has 11 heteroatoms. The van der Waals surface area contributed by atoms with Gasteiger partial charge in [-0.1, -0.05) is 20.8 Å². The van der Waals surface area contributed by atoms with Gasteiger partial charge >= 0.3 is 6.18 Å². The first-order chi connectivity index (χ1) is 16.9. The number of imidazole rings is 1. The predicted octanol–water partition coefficient (Wildman–Crippen LogP) is 5.10. The SMILES string of the molecule is Cn1cnc(COc2ccc(C(F)(F)F)cc2C(=O)/N=c2\sc(C(C)(C)C)cn2C[C@H]2CCCO2)c1. The highest BCUT2D eigenvalue weighted by Crippen LogP contribution is 2.33. The summed E-state index contributed by atoms with van der Waals surface area (Å²) in [6, 6.07) is 2.84. The quantitative estimate of drug-likeness (QED) is 0.452. The molecule has 1 saturated heterocycles. The van der Waals surface area contributed by atoms with Crippen molar-refractivity contribution in [3.63, 3.8) is 0 Å². The predicted molar refractivity (Wildman–Crippen MR) is 129 cm³/mol. The van der Waals surface area contributed by atoms with E-state index in [-0.39, 0.29) is 29.4 Å². The van der Waals surface area contributed by atoms with Crippen molar-refractivity contribution in [2.45, 2.75) is 64.5 Å². The van der Waals surface area contributed by atoms with Crippen LogP contribution in [0.1, 0.15) is 60.1 Å². The van der Waals surface area contributed by atoms with Crippen LogP contribution in [0.4, 0.5) is 13.2 Å². The molecule has 0 N–H and O–H groups in total. The Morgan fingerprint density at radius 3 is 2.67 bits per heavy atom. The van der Waals surface area contributed by atoms with Crippen LogP contribution in [-0.4, -0.2) is 32.7 Å². The normalized spacial score (nSPS) is 17.1. The van der Waals surface area contributed by atoms with Crippen LogP contribution in [-0.2, 0) is 36.5 Å². The van der Waals surface area contributed by atoms with Crippen LogP contribution < -0.4 is 9.54 Å². The van der Waals surface area contributed by atoms with Crippen molar-refractivity contribution in [1.82, 2.24) is 14.1 Å². The summed E-state index contributed by atoms with van der Waals surface area (Å²) >= 11 is 1.35. The fourth-order valence-corrected chi connectivity index (χ4v) is 4.85. The molecule has 4 rings (SSSR count). The third-order valence-electron chi connectivity index (χ3n) is 5.75. The van der Waals surface area contributed by atoms with Gasteiger partial charge in [-0.2, -0.15) is 18.2 Å². The summed E-state index contributed by atoms with van der Waals surface area (Å²) in [5.74, 6) is -0.791. The maximum Gasteiger partial charge on any atom is 0.416 e. The molecule has 1 amide bonds. The van der Waals surface area contributed by atoms with Crippen molar-refractivity contribution in [1.29, 1.82) is 0 Å². The number of halogens is 3. The zero-order chi connectivity index (χ0) is 26.1. The van der Waals surface area contributed by atoms with Crippen LogP contribution in [0.25, 0.3) is 0 Å². The number of alkyl halides is 3. The topological polar surface area (TPSA) is 70.6 Å². The van der Waals surface area contributed by atoms with Gasteiger partial charge < -0.3 is 18.6 Å². The van der Waals surface area contributed by atoms with Crippen LogP contribution >= 0.6 is 11.3 Å². The van der Waals surface area contributed by atoms with Crippen LogP contribution in [0.15, 0.2) is 41.9 Å². The number of ether oxygens (including phenoxy) is 2. The number of nitrogens with zero attached hydrogens (tertiary/aromatic N) is 4. The molecular weight excluding hydrogens is 493 g/mol. The van der Waals surface area contributed by atoms with E-state index < -0.39 is 17.6 Å². The summed E-state index contributed by atoms with van der Waals surface area (Å²) in [7, 11) is 1.79. The fourth-order valence-electron chi connectivity index (χ4n) is 3.79. The fraction of sp³-hybridized carbons (Fsp3) is 0.480. The van der Waals surface area contributed by atoms with Crippen LogP contribution in [0, 0.1) is 0 Å². The number of hydrogen-bond acceptors (Lipinski definition) is 5. The lowest BCUT2D eigenvalue weighted by Gasteiger charge is -2.15. The minimum atomic E-state index is -4.61. The van der Waals surface area contributed by atoms with Crippen molar-refractivity contribution in [3.8, 4) is 5.75 Å². The molecule has 0 aliphatic carbocycles. The number of amides is 1. The lowest BCUT2D eigenvalue weighted by atomic mass is 9.95. The molecule has 3 heterocycles. The zero-order valence-electron chi connectivity index (χ0n) is 20.6. The molecule has 3 aromatic rings. The van der Waals surface area contributed by atoms with Gasteiger partial charge in [-0.15, -0.1) is 11.3 Å². The van der Waals surface area contributed by atoms with Gasteiger partial charge in [0, 0.05) is 30.9 Å². The smallest absolute Gasteiger partial charge is 0.416 e. The molecule has 1 aliphatic heterocycles. The highest BCUT2D eigenvalue weighted by Gasteiger charge is 2.32. The Kier molecular flexibility index (Phi) is 7.42. The van der Waals surface area contributed by atoms with Gasteiger partial charge in [0.15, 0.2) is 4.80 Å². The van der Waals surface area contributed by atoms with Crippen molar-refractivity contribution < 1.29 is 27.4 Å². The molecule has 2 aromatic heterocycles. The maximum atomic E-state index is 13.5. The van der Waals surface area contributed by atoms with Crippen molar-refractivity contribution >= 4 is 17.2 Å². The van der Waals surface area contributed by atoms with E-state index in [0.717, 1.165) is 35.9 Å². The van der Waals surface area contributed by atoms with Gasteiger partial charge in [0.2, 0.25) is 0 Å². The lowest BCUT2D eigenvalue weighted by Crippen LogP contribution is -2.23. The summed E-state index contributed by atoms with van der Waals surface area (Å²) in [5.41, 5.74) is -0.808. The molecule has 1 atom stereocenters. The van der Waals surface area contributed by atoms with E-state index in [1.54, 1.807) is 24.1 Å². The molecule has 0 spiro atoms. The number of hydrogen-bond donors (Lipinski definition) is 0. The van der Waals surface area contributed by atoms with Gasteiger partial charge in [0.1, 0.15) is 12.4 Å². The van der Waals surface area contributed by atoms with Gasteiger partial charge in [0.25, 0.3) is 5.91 Å². The molecular formula is C25H29F3N4O3S. The molecule has 0 unspecified atom stereocenters. The Labute approximate surface area is 211 Å². The summed E-state index contributed by atoms with van der Waals surface area (Å²) < 4.78 is 55.4. The van der Waals surface area contributed by atoms with Gasteiger partial charge in [-0.3, -0.25) is 4.79 Å². The summed E-state index contributed by atoms with van der Waals surface area (Å²) in [6.07, 6.45) is 2.52. The summed E-state index contributed by atoms with van der Waals surface area (Å²) in [5, 5.41) is 0. The van der Waals surface area contributed by atoms with Crippen LogP contribution in [0.2, 0.25) is 0 Å². The van der Waals surface area contributed by atoms with Crippen molar-refractivity contribution in [3.05, 3.63) is 63.4 Å². The maximum absolute atomic E-state index is 13.5. The second kappa shape index (κ2) is 10.2. The number of carbonyl (C=O) groups excluding carboxylic acids is 1. The molecule has 0 radical (unpaired) electrons. The average Bonchev–Trinajstić information content (AvgIpc) is 3.54. The Morgan fingerprint density at radius 1 is 1.28 bits per heavy atom. The van der Waals surface area contributed by atoms with E-state index in [1.807, 2.05) is 10.8 Å². The largest absolute Gasteiger partial charge is 0.486 e. The number of benzene rings is 1. The molecule has 36 heavy (non-hydrogen) atoms. The number of thiazole rings is 1. The first kappa shape index (κ1) is 26.2. The van der Waals surface area contributed by atoms with Crippen molar-refractivity contribution in [2.24, 2.45) is 12.0 Å². The Balaban J connectivity index is 1.72. The third kappa shape index (κ3) is 6.25. The first-order valence-corrected chi connectivity index (χ1v) is 12.4. The molecule has 1 aromatic carbocycles.